The fraction of sp³-hybridized carbons (Fsp3) is 0.500. The molecule has 1 aliphatic rings. The number of aryl methyl sites for hydroxylation is 1. The molecule has 1 fully saturated rings. The van der Waals surface area contributed by atoms with Crippen molar-refractivity contribution < 1.29 is 9.90 Å². The molecule has 0 amide bonds. The summed E-state index contributed by atoms with van der Waals surface area (Å²) in [5.41, 5.74) is 0.784. The maximum Gasteiger partial charge on any atom is 0.346 e. The zero-order valence-corrected chi connectivity index (χ0v) is 12.4. The van der Waals surface area contributed by atoms with E-state index >= 15 is 0 Å². The van der Waals surface area contributed by atoms with Crippen molar-refractivity contribution in [1.29, 1.82) is 0 Å². The number of thiophene rings is 1. The van der Waals surface area contributed by atoms with E-state index in [1.165, 1.54) is 17.7 Å². The molecular formula is C14H17N3O2S. The smallest absolute Gasteiger partial charge is 0.346 e. The zero-order chi connectivity index (χ0) is 14.3. The Morgan fingerprint density at radius 2 is 2.10 bits per heavy atom. The average Bonchev–Trinajstić information content (AvgIpc) is 2.77. The molecule has 5 nitrogen and oxygen atoms in total. The summed E-state index contributed by atoms with van der Waals surface area (Å²) in [7, 11) is 0. The molecule has 1 aliphatic heterocycles. The van der Waals surface area contributed by atoms with Gasteiger partial charge in [-0.15, -0.1) is 11.3 Å². The van der Waals surface area contributed by atoms with E-state index < -0.39 is 5.97 Å². The Balaban J connectivity index is 2.09. The van der Waals surface area contributed by atoms with Gasteiger partial charge < -0.3 is 10.0 Å². The lowest BCUT2D eigenvalue weighted by Crippen LogP contribution is -2.33. The number of anilines is 1. The standard InChI is InChI=1S/C14H17N3O2S/c1-8-3-5-17(6-4-8)12-10-9(2)11(14(18)19)20-13(10)16-7-15-12/h7-8H,3-6H2,1-2H3,(H,18,19). The molecule has 0 saturated carbocycles. The highest BCUT2D eigenvalue weighted by molar-refractivity contribution is 7.20. The molecule has 2 aromatic rings. The van der Waals surface area contributed by atoms with E-state index in [1.807, 2.05) is 6.92 Å². The third-order valence-electron chi connectivity index (χ3n) is 3.98. The van der Waals surface area contributed by atoms with Gasteiger partial charge in [-0.05, 0) is 31.2 Å². The first kappa shape index (κ1) is 13.3. The van der Waals surface area contributed by atoms with Crippen LogP contribution < -0.4 is 4.90 Å². The lowest BCUT2D eigenvalue weighted by Gasteiger charge is -2.31. The molecule has 0 bridgehead atoms. The molecule has 0 aliphatic carbocycles. The second-order valence-corrected chi connectivity index (χ2v) is 6.41. The van der Waals surface area contributed by atoms with Gasteiger partial charge in [-0.3, -0.25) is 0 Å². The summed E-state index contributed by atoms with van der Waals surface area (Å²) in [5.74, 6) is 0.758. The predicted octanol–water partition coefficient (Wildman–Crippen LogP) is 2.93. The van der Waals surface area contributed by atoms with Crippen molar-refractivity contribution in [2.75, 3.05) is 18.0 Å². The number of carbonyl (C=O) groups is 1. The Hall–Kier alpha value is -1.69. The number of fused-ring (bicyclic) bond motifs is 1. The normalized spacial score (nSPS) is 16.8. The van der Waals surface area contributed by atoms with Gasteiger partial charge in [-0.25, -0.2) is 14.8 Å². The summed E-state index contributed by atoms with van der Waals surface area (Å²) in [6, 6.07) is 0. The summed E-state index contributed by atoms with van der Waals surface area (Å²) in [6.45, 7) is 6.07. The van der Waals surface area contributed by atoms with Crippen molar-refractivity contribution in [1.82, 2.24) is 9.97 Å². The van der Waals surface area contributed by atoms with Crippen LogP contribution in [0.1, 0.15) is 35.0 Å². The van der Waals surface area contributed by atoms with Crippen LogP contribution in [0.4, 0.5) is 5.82 Å². The first-order chi connectivity index (χ1) is 9.58. The Bertz CT molecular complexity index is 660. The minimum atomic E-state index is -0.885. The highest BCUT2D eigenvalue weighted by Crippen LogP contribution is 2.35. The molecule has 1 saturated heterocycles. The predicted molar refractivity (Wildman–Crippen MR) is 79.7 cm³/mol. The van der Waals surface area contributed by atoms with Gasteiger partial charge in [0, 0.05) is 13.1 Å². The number of aromatic carboxylic acids is 1. The van der Waals surface area contributed by atoms with Gasteiger partial charge in [0.1, 0.15) is 21.9 Å². The van der Waals surface area contributed by atoms with Gasteiger partial charge in [-0.1, -0.05) is 6.92 Å². The van der Waals surface area contributed by atoms with Crippen LogP contribution in [0.3, 0.4) is 0 Å². The molecule has 0 unspecified atom stereocenters. The highest BCUT2D eigenvalue weighted by atomic mass is 32.1. The van der Waals surface area contributed by atoms with Gasteiger partial charge >= 0.3 is 5.97 Å². The van der Waals surface area contributed by atoms with E-state index in [4.69, 9.17) is 0 Å². The number of hydrogen-bond donors (Lipinski definition) is 1. The van der Waals surface area contributed by atoms with Crippen molar-refractivity contribution in [2.45, 2.75) is 26.7 Å². The first-order valence-corrected chi connectivity index (χ1v) is 7.62. The van der Waals surface area contributed by atoms with Gasteiger partial charge in [0.2, 0.25) is 0 Å². The number of nitrogens with zero attached hydrogens (tertiary/aromatic N) is 3. The fourth-order valence-corrected chi connectivity index (χ4v) is 3.70. The average molecular weight is 291 g/mol. The minimum absolute atomic E-state index is 0.368. The summed E-state index contributed by atoms with van der Waals surface area (Å²) < 4.78 is 0. The topological polar surface area (TPSA) is 66.3 Å². The zero-order valence-electron chi connectivity index (χ0n) is 11.6. The molecule has 0 atom stereocenters. The number of carboxylic acids is 1. The van der Waals surface area contributed by atoms with Gasteiger partial charge in [0.25, 0.3) is 0 Å². The van der Waals surface area contributed by atoms with Crippen molar-refractivity contribution in [3.63, 3.8) is 0 Å². The Labute approximate surface area is 121 Å². The van der Waals surface area contributed by atoms with Crippen LogP contribution in [0.5, 0.6) is 0 Å². The van der Waals surface area contributed by atoms with Gasteiger partial charge in [-0.2, -0.15) is 0 Å². The maximum absolute atomic E-state index is 11.3. The third-order valence-corrected chi connectivity index (χ3v) is 5.17. The van der Waals surface area contributed by atoms with Crippen LogP contribution in [0, 0.1) is 12.8 Å². The number of piperidine rings is 1. The fourth-order valence-electron chi connectivity index (χ4n) is 2.72. The summed E-state index contributed by atoms with van der Waals surface area (Å²) in [4.78, 5) is 23.3. The van der Waals surface area contributed by atoms with Crippen LogP contribution in [0.15, 0.2) is 6.33 Å². The van der Waals surface area contributed by atoms with E-state index in [1.54, 1.807) is 0 Å². The third kappa shape index (κ3) is 2.14. The van der Waals surface area contributed by atoms with E-state index in [-0.39, 0.29) is 0 Å². The molecule has 20 heavy (non-hydrogen) atoms. The molecule has 6 heteroatoms. The molecule has 2 aromatic heterocycles. The van der Waals surface area contributed by atoms with Crippen LogP contribution in [0.2, 0.25) is 0 Å². The van der Waals surface area contributed by atoms with Crippen LogP contribution >= 0.6 is 11.3 Å². The maximum atomic E-state index is 11.3. The van der Waals surface area contributed by atoms with Crippen molar-refractivity contribution >= 4 is 33.3 Å². The largest absolute Gasteiger partial charge is 0.477 e. The number of aromatic nitrogens is 2. The molecule has 1 N–H and O–H groups in total. The van der Waals surface area contributed by atoms with Crippen LogP contribution in [-0.2, 0) is 0 Å². The van der Waals surface area contributed by atoms with E-state index in [9.17, 15) is 9.90 Å². The van der Waals surface area contributed by atoms with Gasteiger partial charge in [0.15, 0.2) is 0 Å². The Morgan fingerprint density at radius 1 is 1.40 bits per heavy atom. The SMILES string of the molecule is Cc1c(C(=O)O)sc2ncnc(N3CCC(C)CC3)c12. The Morgan fingerprint density at radius 3 is 2.75 bits per heavy atom. The quantitative estimate of drug-likeness (QED) is 0.921. The highest BCUT2D eigenvalue weighted by Gasteiger charge is 2.23. The minimum Gasteiger partial charge on any atom is -0.477 e. The van der Waals surface area contributed by atoms with Crippen molar-refractivity contribution in [3.05, 3.63) is 16.8 Å². The Kier molecular flexibility index (Phi) is 3.33. The van der Waals surface area contributed by atoms with E-state index in [0.717, 1.165) is 53.4 Å². The van der Waals surface area contributed by atoms with Crippen molar-refractivity contribution in [3.8, 4) is 0 Å². The van der Waals surface area contributed by atoms with E-state index in [0.29, 0.717) is 4.88 Å². The van der Waals surface area contributed by atoms with Crippen molar-refractivity contribution in [2.24, 2.45) is 5.92 Å². The van der Waals surface area contributed by atoms with Gasteiger partial charge in [0.05, 0.1) is 5.39 Å². The summed E-state index contributed by atoms with van der Waals surface area (Å²) in [5, 5.41) is 10.2. The number of carboxylic acid groups (broad SMARTS) is 1. The molecule has 3 heterocycles. The molecule has 106 valence electrons. The molecule has 0 radical (unpaired) electrons. The summed E-state index contributed by atoms with van der Waals surface area (Å²) >= 11 is 1.23. The van der Waals surface area contributed by atoms with E-state index in [2.05, 4.69) is 21.8 Å². The lowest BCUT2D eigenvalue weighted by molar-refractivity contribution is 0.0701. The molecular weight excluding hydrogens is 274 g/mol. The molecule has 0 spiro atoms. The molecule has 3 rings (SSSR count). The van der Waals surface area contributed by atoms with Crippen LogP contribution in [0.25, 0.3) is 10.2 Å². The van der Waals surface area contributed by atoms with Crippen LogP contribution in [-0.4, -0.2) is 34.1 Å². The monoisotopic (exact) mass is 291 g/mol. The second kappa shape index (κ2) is 5.01. The second-order valence-electron chi connectivity index (χ2n) is 5.41. The lowest BCUT2D eigenvalue weighted by atomic mass is 9.99. The number of rotatable bonds is 2. The first-order valence-electron chi connectivity index (χ1n) is 6.80. The molecule has 0 aromatic carbocycles. The number of hydrogen-bond acceptors (Lipinski definition) is 5. The summed E-state index contributed by atoms with van der Waals surface area (Å²) in [6.07, 6.45) is 3.85.